The Kier molecular flexibility index (Phi) is 4.79. The Bertz CT molecular complexity index is 641. The molecule has 0 heterocycles. The van der Waals surface area contributed by atoms with Crippen LogP contribution in [0, 0.1) is 5.92 Å². The second kappa shape index (κ2) is 6.97. The lowest BCUT2D eigenvalue weighted by Crippen LogP contribution is -2.30. The molecule has 0 radical (unpaired) electrons. The summed E-state index contributed by atoms with van der Waals surface area (Å²) in [5, 5.41) is 4.25. The number of ketones is 1. The molecule has 1 N–H and O–H groups in total. The number of carbonyl (C=O) groups is 1. The lowest BCUT2D eigenvalue weighted by Gasteiger charge is -2.31. The van der Waals surface area contributed by atoms with Crippen molar-refractivity contribution in [2.75, 3.05) is 5.32 Å². The van der Waals surface area contributed by atoms with Crippen LogP contribution in [-0.2, 0) is 4.79 Å². The summed E-state index contributed by atoms with van der Waals surface area (Å²) in [7, 11) is 0. The Labute approximate surface area is 136 Å². The molecule has 0 aromatic heterocycles. The van der Waals surface area contributed by atoms with Crippen molar-refractivity contribution >= 4 is 23.1 Å². The molecular formula is C19H20ClNO. The molecule has 2 atom stereocenters. The molecule has 2 aromatic rings. The molecular weight excluding hydrogens is 294 g/mol. The van der Waals surface area contributed by atoms with Crippen molar-refractivity contribution < 1.29 is 4.79 Å². The lowest BCUT2D eigenvalue weighted by molar-refractivity contribution is -0.125. The first-order valence-corrected chi connectivity index (χ1v) is 8.22. The van der Waals surface area contributed by atoms with E-state index in [2.05, 4.69) is 5.32 Å². The molecule has 0 aliphatic heterocycles. The SMILES string of the molecule is O=C1CCCCC1C(Nc1ccccc1)c1ccccc1Cl. The molecule has 0 bridgehead atoms. The van der Waals surface area contributed by atoms with Crippen molar-refractivity contribution in [3.63, 3.8) is 0 Å². The van der Waals surface area contributed by atoms with Crippen molar-refractivity contribution in [1.29, 1.82) is 0 Å². The van der Waals surface area contributed by atoms with Crippen LogP contribution in [0.4, 0.5) is 5.69 Å². The zero-order valence-corrected chi connectivity index (χ0v) is 13.2. The summed E-state index contributed by atoms with van der Waals surface area (Å²) in [5.74, 6) is 0.341. The first kappa shape index (κ1) is 15.1. The van der Waals surface area contributed by atoms with Crippen molar-refractivity contribution in [2.45, 2.75) is 31.7 Å². The molecule has 0 amide bonds. The minimum atomic E-state index is -0.0658. The molecule has 1 fully saturated rings. The summed E-state index contributed by atoms with van der Waals surface area (Å²) in [4.78, 5) is 12.4. The van der Waals surface area contributed by atoms with Crippen LogP contribution in [0.3, 0.4) is 0 Å². The van der Waals surface area contributed by atoms with Crippen LogP contribution >= 0.6 is 11.6 Å². The predicted molar refractivity (Wildman–Crippen MR) is 91.2 cm³/mol. The monoisotopic (exact) mass is 313 g/mol. The van der Waals surface area contributed by atoms with Gasteiger partial charge in [-0.1, -0.05) is 54.4 Å². The number of anilines is 1. The lowest BCUT2D eigenvalue weighted by atomic mass is 9.80. The maximum Gasteiger partial charge on any atom is 0.138 e. The maximum atomic E-state index is 12.4. The van der Waals surface area contributed by atoms with E-state index in [1.54, 1.807) is 0 Å². The third kappa shape index (κ3) is 3.33. The minimum absolute atomic E-state index is 0.00569. The summed E-state index contributed by atoms with van der Waals surface area (Å²) < 4.78 is 0. The quantitative estimate of drug-likeness (QED) is 0.835. The van der Waals surface area contributed by atoms with Gasteiger partial charge in [-0.3, -0.25) is 4.79 Å². The smallest absolute Gasteiger partial charge is 0.138 e. The first-order chi connectivity index (χ1) is 10.8. The number of hydrogen-bond donors (Lipinski definition) is 1. The van der Waals surface area contributed by atoms with Gasteiger partial charge in [0.1, 0.15) is 5.78 Å². The molecule has 1 aliphatic rings. The second-order valence-electron chi connectivity index (χ2n) is 5.83. The van der Waals surface area contributed by atoms with Gasteiger partial charge in [0.25, 0.3) is 0 Å². The topological polar surface area (TPSA) is 29.1 Å². The Hall–Kier alpha value is -1.80. The van der Waals surface area contributed by atoms with Crippen molar-refractivity contribution in [3.8, 4) is 0 Å². The highest BCUT2D eigenvalue weighted by atomic mass is 35.5. The summed E-state index contributed by atoms with van der Waals surface area (Å²) >= 11 is 6.40. The van der Waals surface area contributed by atoms with E-state index >= 15 is 0 Å². The predicted octanol–water partition coefficient (Wildman–Crippen LogP) is 5.25. The number of nitrogens with one attached hydrogen (secondary N) is 1. The number of hydrogen-bond acceptors (Lipinski definition) is 2. The maximum absolute atomic E-state index is 12.4. The van der Waals surface area contributed by atoms with Crippen LogP contribution in [0.5, 0.6) is 0 Å². The summed E-state index contributed by atoms with van der Waals surface area (Å²) in [6.07, 6.45) is 3.72. The number of benzene rings is 2. The molecule has 2 aromatic carbocycles. The van der Waals surface area contributed by atoms with Crippen molar-refractivity contribution in [3.05, 3.63) is 65.2 Å². The number of para-hydroxylation sites is 1. The van der Waals surface area contributed by atoms with Crippen LogP contribution < -0.4 is 5.32 Å². The van der Waals surface area contributed by atoms with E-state index in [1.165, 1.54) is 0 Å². The Morgan fingerprint density at radius 3 is 2.45 bits per heavy atom. The summed E-state index contributed by atoms with van der Waals surface area (Å²) in [6.45, 7) is 0. The van der Waals surface area contributed by atoms with Gasteiger partial charge in [-0.2, -0.15) is 0 Å². The van der Waals surface area contributed by atoms with Crippen molar-refractivity contribution in [1.82, 2.24) is 0 Å². The molecule has 2 nitrogen and oxygen atoms in total. The third-order valence-electron chi connectivity index (χ3n) is 4.34. The minimum Gasteiger partial charge on any atom is -0.377 e. The van der Waals surface area contributed by atoms with Crippen LogP contribution in [0.25, 0.3) is 0 Å². The van der Waals surface area contributed by atoms with Crippen LogP contribution in [0.15, 0.2) is 54.6 Å². The highest BCUT2D eigenvalue weighted by molar-refractivity contribution is 6.31. The Balaban J connectivity index is 1.94. The summed E-state index contributed by atoms with van der Waals surface area (Å²) in [6, 6.07) is 17.8. The van der Waals surface area contributed by atoms with Gasteiger partial charge in [0.15, 0.2) is 0 Å². The van der Waals surface area contributed by atoms with Crippen LogP contribution in [-0.4, -0.2) is 5.78 Å². The van der Waals surface area contributed by atoms with E-state index in [1.807, 2.05) is 54.6 Å². The van der Waals surface area contributed by atoms with Crippen LogP contribution in [0.2, 0.25) is 5.02 Å². The molecule has 22 heavy (non-hydrogen) atoms. The van der Waals surface area contributed by atoms with Gasteiger partial charge in [0.05, 0.1) is 6.04 Å². The number of halogens is 1. The molecule has 1 saturated carbocycles. The number of carbonyl (C=O) groups excluding carboxylic acids is 1. The van der Waals surface area contributed by atoms with Gasteiger partial charge in [0.2, 0.25) is 0 Å². The van der Waals surface area contributed by atoms with E-state index < -0.39 is 0 Å². The largest absolute Gasteiger partial charge is 0.377 e. The van der Waals surface area contributed by atoms with Crippen LogP contribution in [0.1, 0.15) is 37.3 Å². The molecule has 3 rings (SSSR count). The fourth-order valence-electron chi connectivity index (χ4n) is 3.20. The molecule has 3 heteroatoms. The fourth-order valence-corrected chi connectivity index (χ4v) is 3.45. The molecule has 2 unspecified atom stereocenters. The highest BCUT2D eigenvalue weighted by Gasteiger charge is 2.32. The number of rotatable bonds is 4. The van der Waals surface area contributed by atoms with E-state index in [9.17, 15) is 4.79 Å². The Morgan fingerprint density at radius 2 is 1.73 bits per heavy atom. The van der Waals surface area contributed by atoms with Gasteiger partial charge >= 0.3 is 0 Å². The normalized spacial score (nSPS) is 19.7. The summed E-state index contributed by atoms with van der Waals surface area (Å²) in [5.41, 5.74) is 2.03. The standard InChI is InChI=1S/C19H20ClNO/c20-17-12-6-4-10-15(17)19(16-11-5-7-13-18(16)22)21-14-8-2-1-3-9-14/h1-4,6,8-10,12,16,19,21H,5,7,11,13H2. The molecule has 1 aliphatic carbocycles. The van der Waals surface area contributed by atoms with Gasteiger partial charge in [-0.25, -0.2) is 0 Å². The van der Waals surface area contributed by atoms with Crippen molar-refractivity contribution in [2.24, 2.45) is 5.92 Å². The average Bonchev–Trinajstić information content (AvgIpc) is 2.55. The molecule has 0 saturated heterocycles. The second-order valence-corrected chi connectivity index (χ2v) is 6.24. The molecule has 114 valence electrons. The van der Waals surface area contributed by atoms with E-state index in [-0.39, 0.29) is 12.0 Å². The van der Waals surface area contributed by atoms with Gasteiger partial charge in [-0.15, -0.1) is 0 Å². The Morgan fingerprint density at radius 1 is 1.00 bits per heavy atom. The highest BCUT2D eigenvalue weighted by Crippen LogP contribution is 2.37. The molecule has 0 spiro atoms. The van der Waals surface area contributed by atoms with E-state index in [4.69, 9.17) is 11.6 Å². The zero-order valence-electron chi connectivity index (χ0n) is 12.5. The number of Topliss-reactive ketones (excluding diaryl/α,β-unsaturated/α-hetero) is 1. The fraction of sp³-hybridized carbons (Fsp3) is 0.316. The van der Waals surface area contributed by atoms with Gasteiger partial charge < -0.3 is 5.32 Å². The van der Waals surface area contributed by atoms with Gasteiger partial charge in [0, 0.05) is 23.0 Å². The van der Waals surface area contributed by atoms with Gasteiger partial charge in [-0.05, 0) is 36.6 Å². The average molecular weight is 314 g/mol. The van der Waals surface area contributed by atoms with E-state index in [0.29, 0.717) is 17.2 Å². The third-order valence-corrected chi connectivity index (χ3v) is 4.68. The zero-order chi connectivity index (χ0) is 15.4. The van der Waals surface area contributed by atoms with E-state index in [0.717, 1.165) is 30.5 Å². The first-order valence-electron chi connectivity index (χ1n) is 7.84.